The lowest BCUT2D eigenvalue weighted by atomic mass is 10.2. The highest BCUT2D eigenvalue weighted by atomic mass is 35.5. The van der Waals surface area contributed by atoms with Gasteiger partial charge >= 0.3 is 0 Å². The molecular weight excluding hydrogens is 380 g/mol. The van der Waals surface area contributed by atoms with Crippen LogP contribution in [0.4, 0.5) is 0 Å². The van der Waals surface area contributed by atoms with Crippen LogP contribution in [0.3, 0.4) is 0 Å². The van der Waals surface area contributed by atoms with Gasteiger partial charge in [-0.3, -0.25) is 14.5 Å². The summed E-state index contributed by atoms with van der Waals surface area (Å²) in [6, 6.07) is 6.17. The molecule has 2 amide bonds. The van der Waals surface area contributed by atoms with Gasteiger partial charge in [-0.1, -0.05) is 23.7 Å². The molecule has 1 aromatic carbocycles. The number of carbonyl (C=O) groups is 2. The molecule has 0 bridgehead atoms. The third kappa shape index (κ3) is 4.72. The van der Waals surface area contributed by atoms with E-state index in [-0.39, 0.29) is 11.8 Å². The van der Waals surface area contributed by atoms with Crippen molar-refractivity contribution in [1.82, 2.24) is 20.1 Å². The van der Waals surface area contributed by atoms with Gasteiger partial charge < -0.3 is 14.6 Å². The highest BCUT2D eigenvalue weighted by Gasteiger charge is 2.27. The highest BCUT2D eigenvalue weighted by molar-refractivity contribution is 6.33. The van der Waals surface area contributed by atoms with Crippen molar-refractivity contribution in [1.29, 1.82) is 0 Å². The number of hydrogen-bond acceptors (Lipinski definition) is 5. The maximum atomic E-state index is 12.7. The molecule has 2 aromatic rings. The molecule has 0 spiro atoms. The van der Waals surface area contributed by atoms with Crippen LogP contribution in [-0.4, -0.2) is 58.8 Å². The lowest BCUT2D eigenvalue weighted by Gasteiger charge is -2.35. The summed E-state index contributed by atoms with van der Waals surface area (Å²) in [4.78, 5) is 33.4. The van der Waals surface area contributed by atoms with Gasteiger partial charge in [-0.05, 0) is 32.9 Å². The van der Waals surface area contributed by atoms with Gasteiger partial charge in [0.1, 0.15) is 11.8 Å². The second kappa shape index (κ2) is 8.75. The average Bonchev–Trinajstić information content (AvgIpc) is 2.99. The number of aromatic nitrogens is 1. The van der Waals surface area contributed by atoms with E-state index in [4.69, 9.17) is 16.0 Å². The van der Waals surface area contributed by atoms with Gasteiger partial charge in [-0.2, -0.15) is 0 Å². The lowest BCUT2D eigenvalue weighted by Crippen LogP contribution is -2.54. The molecule has 8 heteroatoms. The molecule has 7 nitrogen and oxygen atoms in total. The Balaban J connectivity index is 1.50. The monoisotopic (exact) mass is 404 g/mol. The van der Waals surface area contributed by atoms with E-state index in [1.807, 2.05) is 13.8 Å². The number of halogens is 1. The van der Waals surface area contributed by atoms with Crippen LogP contribution in [0.2, 0.25) is 5.02 Å². The Kier molecular flexibility index (Phi) is 6.36. The van der Waals surface area contributed by atoms with Crippen molar-refractivity contribution in [2.24, 2.45) is 0 Å². The molecule has 1 fully saturated rings. The zero-order chi connectivity index (χ0) is 20.3. The van der Waals surface area contributed by atoms with E-state index in [1.165, 1.54) is 0 Å². The van der Waals surface area contributed by atoms with E-state index >= 15 is 0 Å². The summed E-state index contributed by atoms with van der Waals surface area (Å²) >= 11 is 6.05. The van der Waals surface area contributed by atoms with E-state index in [0.29, 0.717) is 36.1 Å². The maximum Gasteiger partial charge on any atom is 0.253 e. The van der Waals surface area contributed by atoms with Crippen LogP contribution in [-0.2, 0) is 11.3 Å². The Bertz CT molecular complexity index is 839. The molecule has 1 atom stereocenters. The minimum absolute atomic E-state index is 0.0946. The summed E-state index contributed by atoms with van der Waals surface area (Å²) in [5.41, 5.74) is 1.28. The molecular formula is C20H25ClN4O3. The quantitative estimate of drug-likeness (QED) is 0.827. The fourth-order valence-corrected chi connectivity index (χ4v) is 3.40. The number of rotatable bonds is 5. The van der Waals surface area contributed by atoms with Gasteiger partial charge in [0, 0.05) is 26.2 Å². The SMILES string of the molecule is Cc1nc(CN2CCN(C(=O)C(C)NC(=O)c3ccccc3Cl)CC2)oc1C. The largest absolute Gasteiger partial charge is 0.444 e. The number of hydrogen-bond donors (Lipinski definition) is 1. The van der Waals surface area contributed by atoms with Crippen molar-refractivity contribution < 1.29 is 14.0 Å². The first-order chi connectivity index (χ1) is 13.3. The van der Waals surface area contributed by atoms with Crippen molar-refractivity contribution in [2.45, 2.75) is 33.4 Å². The van der Waals surface area contributed by atoms with Crippen LogP contribution in [0.15, 0.2) is 28.7 Å². The number of oxazole rings is 1. The molecule has 1 unspecified atom stereocenters. The zero-order valence-electron chi connectivity index (χ0n) is 16.4. The number of nitrogens with zero attached hydrogens (tertiary/aromatic N) is 3. The second-order valence-corrected chi connectivity index (χ2v) is 7.43. The number of carbonyl (C=O) groups excluding carboxylic acids is 2. The Labute approximate surface area is 169 Å². The van der Waals surface area contributed by atoms with Crippen molar-refractivity contribution in [3.63, 3.8) is 0 Å². The Hall–Kier alpha value is -2.38. The van der Waals surface area contributed by atoms with Crippen LogP contribution >= 0.6 is 11.6 Å². The number of amides is 2. The van der Waals surface area contributed by atoms with Crippen molar-refractivity contribution >= 4 is 23.4 Å². The van der Waals surface area contributed by atoms with Gasteiger partial charge in [0.05, 0.1) is 22.8 Å². The molecule has 1 aromatic heterocycles. The van der Waals surface area contributed by atoms with Gasteiger partial charge in [0.2, 0.25) is 11.8 Å². The fourth-order valence-electron chi connectivity index (χ4n) is 3.18. The average molecular weight is 405 g/mol. The van der Waals surface area contributed by atoms with Crippen LogP contribution in [0, 0.1) is 13.8 Å². The maximum absolute atomic E-state index is 12.7. The molecule has 0 aliphatic carbocycles. The molecule has 2 heterocycles. The Morgan fingerprint density at radius 2 is 1.89 bits per heavy atom. The summed E-state index contributed by atoms with van der Waals surface area (Å²) in [7, 11) is 0. The van der Waals surface area contributed by atoms with E-state index in [9.17, 15) is 9.59 Å². The van der Waals surface area contributed by atoms with Gasteiger partial charge in [-0.15, -0.1) is 0 Å². The van der Waals surface area contributed by atoms with Crippen molar-refractivity contribution in [3.05, 3.63) is 52.2 Å². The Morgan fingerprint density at radius 3 is 2.50 bits per heavy atom. The van der Waals surface area contributed by atoms with Crippen LogP contribution in [0.5, 0.6) is 0 Å². The first-order valence-corrected chi connectivity index (χ1v) is 9.72. The second-order valence-electron chi connectivity index (χ2n) is 7.03. The summed E-state index contributed by atoms with van der Waals surface area (Å²) in [5, 5.41) is 3.11. The number of benzene rings is 1. The fraction of sp³-hybridized carbons (Fsp3) is 0.450. The van der Waals surface area contributed by atoms with Crippen molar-refractivity contribution in [2.75, 3.05) is 26.2 Å². The molecule has 0 radical (unpaired) electrons. The van der Waals surface area contributed by atoms with Crippen LogP contribution in [0.1, 0.15) is 34.6 Å². The lowest BCUT2D eigenvalue weighted by molar-refractivity contribution is -0.134. The van der Waals surface area contributed by atoms with Gasteiger partial charge in [-0.25, -0.2) is 4.98 Å². The third-order valence-corrected chi connectivity index (χ3v) is 5.28. The van der Waals surface area contributed by atoms with Crippen molar-refractivity contribution in [3.8, 4) is 0 Å². The molecule has 1 N–H and O–H groups in total. The first-order valence-electron chi connectivity index (χ1n) is 9.34. The zero-order valence-corrected chi connectivity index (χ0v) is 17.1. The first kappa shape index (κ1) is 20.4. The van der Waals surface area contributed by atoms with E-state index < -0.39 is 6.04 Å². The third-order valence-electron chi connectivity index (χ3n) is 4.95. The summed E-state index contributed by atoms with van der Waals surface area (Å²) in [5.74, 6) is 1.10. The molecule has 28 heavy (non-hydrogen) atoms. The summed E-state index contributed by atoms with van der Waals surface area (Å²) in [6.45, 7) is 8.83. The Morgan fingerprint density at radius 1 is 1.21 bits per heavy atom. The van der Waals surface area contributed by atoms with Gasteiger partial charge in [0.15, 0.2) is 0 Å². The van der Waals surface area contributed by atoms with Crippen LogP contribution in [0.25, 0.3) is 0 Å². The highest BCUT2D eigenvalue weighted by Crippen LogP contribution is 2.15. The molecule has 1 aliphatic heterocycles. The summed E-state index contributed by atoms with van der Waals surface area (Å²) in [6.07, 6.45) is 0. The van der Waals surface area contributed by atoms with Gasteiger partial charge in [0.25, 0.3) is 5.91 Å². The van der Waals surface area contributed by atoms with E-state index in [2.05, 4.69) is 15.2 Å². The summed E-state index contributed by atoms with van der Waals surface area (Å²) < 4.78 is 5.63. The molecule has 0 saturated carbocycles. The predicted molar refractivity (Wildman–Crippen MR) is 106 cm³/mol. The van der Waals surface area contributed by atoms with E-state index in [0.717, 1.165) is 24.5 Å². The minimum atomic E-state index is -0.618. The number of nitrogens with one attached hydrogen (secondary N) is 1. The molecule has 1 aliphatic rings. The van der Waals surface area contributed by atoms with Crippen LogP contribution < -0.4 is 5.32 Å². The normalized spacial score (nSPS) is 16.1. The standard InChI is InChI=1S/C20H25ClN4O3/c1-13-15(3)28-18(22-13)12-24-8-10-25(11-9-24)20(27)14(2)23-19(26)16-6-4-5-7-17(16)21/h4-7,14H,8-12H2,1-3H3,(H,23,26). The molecule has 3 rings (SSSR count). The molecule has 1 saturated heterocycles. The predicted octanol–water partition coefficient (Wildman–Crippen LogP) is 2.41. The topological polar surface area (TPSA) is 78.7 Å². The smallest absolute Gasteiger partial charge is 0.253 e. The number of aryl methyl sites for hydroxylation is 2. The number of piperazine rings is 1. The van der Waals surface area contributed by atoms with E-state index in [1.54, 1.807) is 36.1 Å². The minimum Gasteiger partial charge on any atom is -0.444 e. The molecule has 150 valence electrons.